The Morgan fingerprint density at radius 3 is 2.52 bits per heavy atom. The van der Waals surface area contributed by atoms with Crippen molar-refractivity contribution in [2.45, 2.75) is 18.6 Å². The summed E-state index contributed by atoms with van der Waals surface area (Å²) in [5.74, 6) is -0.643. The largest absolute Gasteiger partial charge is 0.489 e. The molecule has 27 heavy (non-hydrogen) atoms. The van der Waals surface area contributed by atoms with E-state index in [1.807, 2.05) is 42.5 Å². The van der Waals surface area contributed by atoms with E-state index in [-0.39, 0.29) is 6.61 Å². The first-order valence-electron chi connectivity index (χ1n) is 8.79. The van der Waals surface area contributed by atoms with Crippen molar-refractivity contribution < 1.29 is 24.1 Å². The number of aliphatic hydroxyl groups is 2. The van der Waals surface area contributed by atoms with Crippen molar-refractivity contribution in [3.63, 3.8) is 0 Å². The smallest absolute Gasteiger partial charge is 0.127 e. The molecule has 0 aliphatic heterocycles. The normalized spacial score (nSPS) is 13.5. The highest BCUT2D eigenvalue weighted by molar-refractivity contribution is 5.82. The Bertz CT molecular complexity index is 896. The predicted molar refractivity (Wildman–Crippen MR) is 102 cm³/mol. The van der Waals surface area contributed by atoms with E-state index in [0.717, 1.165) is 16.3 Å². The van der Waals surface area contributed by atoms with Gasteiger partial charge in [-0.2, -0.15) is 0 Å². The quantitative estimate of drug-likeness (QED) is 0.636. The zero-order valence-corrected chi connectivity index (χ0v) is 15.1. The highest BCUT2D eigenvalue weighted by Crippen LogP contribution is 2.27. The average molecular weight is 370 g/mol. The van der Waals surface area contributed by atoms with Crippen molar-refractivity contribution in [3.8, 4) is 5.75 Å². The monoisotopic (exact) mass is 370 g/mol. The van der Waals surface area contributed by atoms with Crippen LogP contribution >= 0.6 is 0 Å². The first-order valence-corrected chi connectivity index (χ1v) is 8.79. The minimum Gasteiger partial charge on any atom is -0.489 e. The Morgan fingerprint density at radius 1 is 1.00 bits per heavy atom. The van der Waals surface area contributed by atoms with Gasteiger partial charge in [-0.05, 0) is 40.1 Å². The van der Waals surface area contributed by atoms with E-state index in [0.29, 0.717) is 17.9 Å². The Balaban J connectivity index is 1.78. The molecule has 0 saturated heterocycles. The second kappa shape index (κ2) is 8.95. The Morgan fingerprint density at radius 2 is 1.78 bits per heavy atom. The van der Waals surface area contributed by atoms with Gasteiger partial charge in [0, 0.05) is 19.1 Å². The number of hydrogen-bond donors (Lipinski definition) is 2. The van der Waals surface area contributed by atoms with Gasteiger partial charge in [-0.1, -0.05) is 36.4 Å². The molecule has 5 heteroatoms. The molecule has 2 N–H and O–H groups in total. The van der Waals surface area contributed by atoms with Crippen LogP contribution in [-0.4, -0.2) is 36.6 Å². The first kappa shape index (κ1) is 19.3. The van der Waals surface area contributed by atoms with Crippen LogP contribution in [0.15, 0.2) is 60.7 Å². The SMILES string of the molecule is COC[C@H](c1cc(F)cc(OCc2ccc3ccccc3c2)c1)[C@@H](O)CO. The zero-order valence-electron chi connectivity index (χ0n) is 15.1. The molecule has 142 valence electrons. The van der Waals surface area contributed by atoms with Gasteiger partial charge in [0.2, 0.25) is 0 Å². The van der Waals surface area contributed by atoms with Crippen LogP contribution in [0.2, 0.25) is 0 Å². The van der Waals surface area contributed by atoms with Gasteiger partial charge in [-0.3, -0.25) is 0 Å². The fourth-order valence-corrected chi connectivity index (χ4v) is 3.11. The third-order valence-corrected chi connectivity index (χ3v) is 4.54. The molecular weight excluding hydrogens is 347 g/mol. The zero-order chi connectivity index (χ0) is 19.2. The summed E-state index contributed by atoms with van der Waals surface area (Å²) in [6.07, 6.45) is -1.04. The molecule has 3 rings (SSSR count). The van der Waals surface area contributed by atoms with Crippen LogP contribution in [0.25, 0.3) is 10.8 Å². The minimum atomic E-state index is -1.04. The lowest BCUT2D eigenvalue weighted by Crippen LogP contribution is -2.26. The highest BCUT2D eigenvalue weighted by atomic mass is 19.1. The van der Waals surface area contributed by atoms with Gasteiger partial charge in [0.1, 0.15) is 18.2 Å². The van der Waals surface area contributed by atoms with E-state index >= 15 is 0 Å². The van der Waals surface area contributed by atoms with Crippen LogP contribution < -0.4 is 4.74 Å². The molecule has 2 atom stereocenters. The lowest BCUT2D eigenvalue weighted by atomic mass is 9.94. The molecule has 0 saturated carbocycles. The van der Waals surface area contributed by atoms with Crippen molar-refractivity contribution in [2.75, 3.05) is 20.3 Å². The third-order valence-electron chi connectivity index (χ3n) is 4.54. The molecular formula is C22H23FO4. The number of hydrogen-bond acceptors (Lipinski definition) is 4. The summed E-state index contributed by atoms with van der Waals surface area (Å²) in [4.78, 5) is 0. The average Bonchev–Trinajstić information content (AvgIpc) is 2.69. The second-order valence-corrected chi connectivity index (χ2v) is 6.50. The topological polar surface area (TPSA) is 58.9 Å². The molecule has 0 amide bonds. The summed E-state index contributed by atoms with van der Waals surface area (Å²) in [6.45, 7) is 0.0261. The van der Waals surface area contributed by atoms with Crippen molar-refractivity contribution >= 4 is 10.8 Å². The lowest BCUT2D eigenvalue weighted by molar-refractivity contribution is 0.0417. The van der Waals surface area contributed by atoms with Gasteiger partial charge in [0.15, 0.2) is 0 Å². The van der Waals surface area contributed by atoms with Crippen molar-refractivity contribution in [1.29, 1.82) is 0 Å². The predicted octanol–water partition coefficient (Wildman–Crippen LogP) is 3.64. The van der Waals surface area contributed by atoms with Gasteiger partial charge >= 0.3 is 0 Å². The Hall–Kier alpha value is -2.47. The maximum Gasteiger partial charge on any atom is 0.127 e. The molecule has 0 aliphatic carbocycles. The van der Waals surface area contributed by atoms with E-state index in [1.165, 1.54) is 19.2 Å². The van der Waals surface area contributed by atoms with E-state index < -0.39 is 24.4 Å². The van der Waals surface area contributed by atoms with Gasteiger partial charge in [-0.15, -0.1) is 0 Å². The molecule has 3 aromatic carbocycles. The van der Waals surface area contributed by atoms with Gasteiger partial charge in [-0.25, -0.2) is 4.39 Å². The molecule has 4 nitrogen and oxygen atoms in total. The van der Waals surface area contributed by atoms with E-state index in [1.54, 1.807) is 6.07 Å². The summed E-state index contributed by atoms with van der Waals surface area (Å²) in [5, 5.41) is 21.5. The molecule has 0 radical (unpaired) electrons. The maximum atomic E-state index is 14.1. The summed E-state index contributed by atoms with van der Waals surface area (Å²) >= 11 is 0. The van der Waals surface area contributed by atoms with Crippen LogP contribution in [0.1, 0.15) is 17.0 Å². The second-order valence-electron chi connectivity index (χ2n) is 6.50. The molecule has 0 fully saturated rings. The van der Waals surface area contributed by atoms with Gasteiger partial charge in [0.05, 0.1) is 19.3 Å². The molecule has 0 aliphatic rings. The molecule has 0 heterocycles. The number of aliphatic hydroxyl groups excluding tert-OH is 2. The number of halogens is 1. The molecule has 0 spiro atoms. The number of ether oxygens (including phenoxy) is 2. The number of fused-ring (bicyclic) bond motifs is 1. The minimum absolute atomic E-state index is 0.162. The molecule has 0 aromatic heterocycles. The van der Waals surface area contributed by atoms with Crippen LogP contribution in [0.3, 0.4) is 0 Å². The fourth-order valence-electron chi connectivity index (χ4n) is 3.11. The van der Waals surface area contributed by atoms with Crippen LogP contribution in [0.4, 0.5) is 4.39 Å². The molecule has 0 bridgehead atoms. The van der Waals surface area contributed by atoms with Crippen molar-refractivity contribution in [2.24, 2.45) is 0 Å². The number of benzene rings is 3. The fraction of sp³-hybridized carbons (Fsp3) is 0.273. The van der Waals surface area contributed by atoms with Gasteiger partial charge < -0.3 is 19.7 Å². The third kappa shape index (κ3) is 4.83. The Labute approximate surface area is 157 Å². The summed E-state index contributed by atoms with van der Waals surface area (Å²) < 4.78 is 24.9. The van der Waals surface area contributed by atoms with E-state index in [9.17, 15) is 14.6 Å². The number of rotatable bonds is 8. The first-order chi connectivity index (χ1) is 13.1. The number of methoxy groups -OCH3 is 1. The Kier molecular flexibility index (Phi) is 6.40. The highest BCUT2D eigenvalue weighted by Gasteiger charge is 2.22. The molecule has 0 unspecified atom stereocenters. The van der Waals surface area contributed by atoms with Crippen molar-refractivity contribution in [1.82, 2.24) is 0 Å². The van der Waals surface area contributed by atoms with Crippen LogP contribution in [0.5, 0.6) is 5.75 Å². The lowest BCUT2D eigenvalue weighted by Gasteiger charge is -2.22. The standard InChI is InChI=1S/C22H23FO4/c1-26-14-21(22(25)12-24)18-9-19(23)11-20(10-18)27-13-15-6-7-16-4-2-3-5-17(16)8-15/h2-11,21-22,24-25H,12-14H2,1H3/t21-,22+/m1/s1. The van der Waals surface area contributed by atoms with Crippen LogP contribution in [-0.2, 0) is 11.3 Å². The van der Waals surface area contributed by atoms with Crippen LogP contribution in [0, 0.1) is 5.82 Å². The van der Waals surface area contributed by atoms with E-state index in [2.05, 4.69) is 0 Å². The van der Waals surface area contributed by atoms with Crippen molar-refractivity contribution in [3.05, 3.63) is 77.6 Å². The summed E-state index contributed by atoms with van der Waals surface area (Å²) in [7, 11) is 1.49. The summed E-state index contributed by atoms with van der Waals surface area (Å²) in [5.41, 5.74) is 1.50. The molecule has 3 aromatic rings. The maximum absolute atomic E-state index is 14.1. The van der Waals surface area contributed by atoms with E-state index in [4.69, 9.17) is 9.47 Å². The summed E-state index contributed by atoms with van der Waals surface area (Å²) in [6, 6.07) is 18.4. The van der Waals surface area contributed by atoms with Gasteiger partial charge in [0.25, 0.3) is 0 Å².